The van der Waals surface area contributed by atoms with Gasteiger partial charge >= 0.3 is 0 Å². The molecule has 0 saturated carbocycles. The van der Waals surface area contributed by atoms with Crippen LogP contribution in [-0.4, -0.2) is 28.8 Å². The van der Waals surface area contributed by atoms with Gasteiger partial charge in [0.2, 0.25) is 0 Å². The topological polar surface area (TPSA) is 54.2 Å². The molecular formula is C18H27N5. The summed E-state index contributed by atoms with van der Waals surface area (Å²) in [6, 6.07) is 6.49. The second kappa shape index (κ2) is 8.36. The Bertz CT molecular complexity index is 657. The molecule has 1 heterocycles. The Kier molecular flexibility index (Phi) is 6.20. The molecule has 0 amide bonds. The third-order valence-corrected chi connectivity index (χ3v) is 3.65. The lowest BCUT2D eigenvalue weighted by Gasteiger charge is -2.12. The standard InChI is InChI=1S/C18H27N5/c1-5-19-18(20-8-9-23-13-15(3)11-22-23)21-12-17-7-6-14(2)10-16(17)4/h6-7,10-11,13H,5,8-9,12H2,1-4H3,(H2,19,20,21). The van der Waals surface area contributed by atoms with Gasteiger partial charge in [-0.25, -0.2) is 4.99 Å². The lowest BCUT2D eigenvalue weighted by molar-refractivity contribution is 0.597. The van der Waals surface area contributed by atoms with Crippen molar-refractivity contribution in [2.24, 2.45) is 4.99 Å². The van der Waals surface area contributed by atoms with E-state index in [2.05, 4.69) is 59.7 Å². The van der Waals surface area contributed by atoms with E-state index in [4.69, 9.17) is 0 Å². The lowest BCUT2D eigenvalue weighted by atomic mass is 10.1. The summed E-state index contributed by atoms with van der Waals surface area (Å²) in [5.74, 6) is 0.844. The predicted octanol–water partition coefficient (Wildman–Crippen LogP) is 2.56. The Labute approximate surface area is 138 Å². The Balaban J connectivity index is 1.91. The summed E-state index contributed by atoms with van der Waals surface area (Å²) in [5.41, 5.74) is 5.02. The van der Waals surface area contributed by atoms with E-state index in [0.717, 1.165) is 25.6 Å². The van der Waals surface area contributed by atoms with Crippen LogP contribution >= 0.6 is 0 Å². The van der Waals surface area contributed by atoms with Crippen molar-refractivity contribution in [1.82, 2.24) is 20.4 Å². The molecule has 5 nitrogen and oxygen atoms in total. The molecule has 0 aliphatic heterocycles. The first-order valence-corrected chi connectivity index (χ1v) is 8.16. The second-order valence-electron chi connectivity index (χ2n) is 5.83. The number of aromatic nitrogens is 2. The molecule has 0 unspecified atom stereocenters. The van der Waals surface area contributed by atoms with Crippen LogP contribution in [0.4, 0.5) is 0 Å². The zero-order valence-electron chi connectivity index (χ0n) is 14.6. The van der Waals surface area contributed by atoms with E-state index in [1.54, 1.807) is 0 Å². The first-order valence-electron chi connectivity index (χ1n) is 8.16. The van der Waals surface area contributed by atoms with Gasteiger partial charge in [0, 0.05) is 19.3 Å². The highest BCUT2D eigenvalue weighted by Gasteiger charge is 2.01. The third-order valence-electron chi connectivity index (χ3n) is 3.65. The molecule has 0 saturated heterocycles. The third kappa shape index (κ3) is 5.43. The Morgan fingerprint density at radius 3 is 2.65 bits per heavy atom. The minimum absolute atomic E-state index is 0.683. The minimum atomic E-state index is 0.683. The average Bonchev–Trinajstić information content (AvgIpc) is 2.91. The van der Waals surface area contributed by atoms with Crippen LogP contribution in [0.15, 0.2) is 35.6 Å². The highest BCUT2D eigenvalue weighted by Crippen LogP contribution is 2.11. The smallest absolute Gasteiger partial charge is 0.191 e. The number of nitrogens with zero attached hydrogens (tertiary/aromatic N) is 3. The van der Waals surface area contributed by atoms with Gasteiger partial charge in [-0.05, 0) is 44.4 Å². The maximum Gasteiger partial charge on any atom is 0.191 e. The molecular weight excluding hydrogens is 286 g/mol. The van der Waals surface area contributed by atoms with Gasteiger partial charge in [0.15, 0.2) is 5.96 Å². The summed E-state index contributed by atoms with van der Waals surface area (Å²) >= 11 is 0. The van der Waals surface area contributed by atoms with Gasteiger partial charge in [-0.1, -0.05) is 23.8 Å². The molecule has 2 aromatic rings. The largest absolute Gasteiger partial charge is 0.357 e. The SMILES string of the molecule is CCNC(=NCc1ccc(C)cc1C)NCCn1cc(C)cn1. The van der Waals surface area contributed by atoms with Crippen LogP contribution in [0.3, 0.4) is 0 Å². The number of aryl methyl sites for hydroxylation is 3. The normalized spacial score (nSPS) is 11.6. The predicted molar refractivity (Wildman–Crippen MR) is 95.7 cm³/mol. The number of benzene rings is 1. The Hall–Kier alpha value is -2.30. The molecule has 0 aliphatic carbocycles. The molecule has 0 fully saturated rings. The Morgan fingerprint density at radius 2 is 2.00 bits per heavy atom. The number of nitrogens with one attached hydrogen (secondary N) is 2. The molecule has 0 bridgehead atoms. The van der Waals surface area contributed by atoms with Gasteiger partial charge in [0.05, 0.1) is 19.3 Å². The molecule has 5 heteroatoms. The second-order valence-corrected chi connectivity index (χ2v) is 5.83. The maximum atomic E-state index is 4.68. The zero-order valence-corrected chi connectivity index (χ0v) is 14.6. The van der Waals surface area contributed by atoms with Gasteiger partial charge in [0.1, 0.15) is 0 Å². The fraction of sp³-hybridized carbons (Fsp3) is 0.444. The molecule has 1 aromatic heterocycles. The van der Waals surface area contributed by atoms with E-state index >= 15 is 0 Å². The monoisotopic (exact) mass is 313 g/mol. The molecule has 2 rings (SSSR count). The fourth-order valence-corrected chi connectivity index (χ4v) is 2.41. The van der Waals surface area contributed by atoms with E-state index in [1.165, 1.54) is 22.3 Å². The van der Waals surface area contributed by atoms with E-state index in [0.29, 0.717) is 6.54 Å². The number of aliphatic imine (C=N–C) groups is 1. The first-order chi connectivity index (χ1) is 11.1. The van der Waals surface area contributed by atoms with E-state index in [1.807, 2.05) is 24.0 Å². The van der Waals surface area contributed by atoms with Crippen molar-refractivity contribution in [3.63, 3.8) is 0 Å². The summed E-state index contributed by atoms with van der Waals surface area (Å²) in [6.07, 6.45) is 3.92. The van der Waals surface area contributed by atoms with Crippen molar-refractivity contribution in [3.8, 4) is 0 Å². The number of guanidine groups is 1. The Morgan fingerprint density at radius 1 is 1.17 bits per heavy atom. The maximum absolute atomic E-state index is 4.68. The molecule has 1 aromatic carbocycles. The van der Waals surface area contributed by atoms with Crippen molar-refractivity contribution in [2.45, 2.75) is 40.8 Å². The van der Waals surface area contributed by atoms with Crippen LogP contribution in [0, 0.1) is 20.8 Å². The van der Waals surface area contributed by atoms with Crippen molar-refractivity contribution in [2.75, 3.05) is 13.1 Å². The van der Waals surface area contributed by atoms with E-state index in [-0.39, 0.29) is 0 Å². The lowest BCUT2D eigenvalue weighted by Crippen LogP contribution is -2.38. The zero-order chi connectivity index (χ0) is 16.7. The molecule has 23 heavy (non-hydrogen) atoms. The summed E-state index contributed by atoms with van der Waals surface area (Å²) in [5, 5.41) is 10.9. The summed E-state index contributed by atoms with van der Waals surface area (Å²) in [4.78, 5) is 4.68. The molecule has 0 spiro atoms. The van der Waals surface area contributed by atoms with Crippen molar-refractivity contribution in [3.05, 3.63) is 52.8 Å². The van der Waals surface area contributed by atoms with Crippen LogP contribution in [0.2, 0.25) is 0 Å². The summed E-state index contributed by atoms with van der Waals surface area (Å²) in [6.45, 7) is 11.5. The fourth-order valence-electron chi connectivity index (χ4n) is 2.41. The van der Waals surface area contributed by atoms with Crippen LogP contribution in [-0.2, 0) is 13.1 Å². The van der Waals surface area contributed by atoms with Crippen molar-refractivity contribution < 1.29 is 0 Å². The first kappa shape index (κ1) is 17.1. The van der Waals surface area contributed by atoms with Gasteiger partial charge in [0.25, 0.3) is 0 Å². The van der Waals surface area contributed by atoms with E-state index < -0.39 is 0 Å². The van der Waals surface area contributed by atoms with Gasteiger partial charge in [-0.15, -0.1) is 0 Å². The van der Waals surface area contributed by atoms with Crippen LogP contribution in [0.1, 0.15) is 29.2 Å². The number of hydrogen-bond acceptors (Lipinski definition) is 2. The van der Waals surface area contributed by atoms with Crippen LogP contribution in [0.25, 0.3) is 0 Å². The molecule has 124 valence electrons. The quantitative estimate of drug-likeness (QED) is 0.636. The van der Waals surface area contributed by atoms with E-state index in [9.17, 15) is 0 Å². The number of hydrogen-bond donors (Lipinski definition) is 2. The number of rotatable bonds is 6. The highest BCUT2D eigenvalue weighted by molar-refractivity contribution is 5.79. The van der Waals surface area contributed by atoms with Gasteiger partial charge in [-0.2, -0.15) is 5.10 Å². The molecule has 0 radical (unpaired) electrons. The van der Waals surface area contributed by atoms with Crippen molar-refractivity contribution in [1.29, 1.82) is 0 Å². The van der Waals surface area contributed by atoms with Crippen LogP contribution in [0.5, 0.6) is 0 Å². The minimum Gasteiger partial charge on any atom is -0.357 e. The van der Waals surface area contributed by atoms with Gasteiger partial charge < -0.3 is 10.6 Å². The summed E-state index contributed by atoms with van der Waals surface area (Å²) in [7, 11) is 0. The molecule has 0 aliphatic rings. The molecule has 2 N–H and O–H groups in total. The summed E-state index contributed by atoms with van der Waals surface area (Å²) < 4.78 is 1.94. The molecule has 0 atom stereocenters. The van der Waals surface area contributed by atoms with Crippen LogP contribution < -0.4 is 10.6 Å². The highest BCUT2D eigenvalue weighted by atomic mass is 15.3. The van der Waals surface area contributed by atoms with Gasteiger partial charge in [-0.3, -0.25) is 4.68 Å². The van der Waals surface area contributed by atoms with Crippen molar-refractivity contribution >= 4 is 5.96 Å². The average molecular weight is 313 g/mol.